The molecule has 3 nitrogen and oxygen atoms in total. The molecule has 0 unspecified atom stereocenters. The molecule has 0 fully saturated rings. The highest BCUT2D eigenvalue weighted by Crippen LogP contribution is 2.32. The number of hydrogen-bond donors (Lipinski definition) is 0. The van der Waals surface area contributed by atoms with Gasteiger partial charge in [-0.25, -0.2) is 0 Å². The van der Waals surface area contributed by atoms with Crippen LogP contribution in [0.3, 0.4) is 0 Å². The van der Waals surface area contributed by atoms with E-state index in [1.807, 2.05) is 24.3 Å². The fraction of sp³-hybridized carbons (Fsp3) is 0.286. The highest BCUT2D eigenvalue weighted by Gasteiger charge is 2.09. The van der Waals surface area contributed by atoms with Crippen molar-refractivity contribution in [1.29, 1.82) is 0 Å². The van der Waals surface area contributed by atoms with Crippen LogP contribution in [0.15, 0.2) is 36.4 Å². The molecule has 3 heteroatoms. The fourth-order valence-electron chi connectivity index (χ4n) is 1.95. The zero-order chi connectivity index (χ0) is 11.5. The van der Waals surface area contributed by atoms with Crippen molar-refractivity contribution in [2.75, 3.05) is 26.4 Å². The molecule has 1 aliphatic heterocycles. The molecule has 1 heterocycles. The van der Waals surface area contributed by atoms with E-state index in [9.17, 15) is 0 Å². The topological polar surface area (TPSA) is 27.7 Å². The van der Waals surface area contributed by atoms with Gasteiger partial charge in [-0.3, -0.25) is 0 Å². The van der Waals surface area contributed by atoms with Crippen molar-refractivity contribution in [1.82, 2.24) is 0 Å². The van der Waals surface area contributed by atoms with Gasteiger partial charge in [0.1, 0.15) is 13.2 Å². The summed E-state index contributed by atoms with van der Waals surface area (Å²) >= 11 is 0. The predicted molar refractivity (Wildman–Crippen MR) is 65.8 cm³/mol. The zero-order valence-corrected chi connectivity index (χ0v) is 9.52. The highest BCUT2D eigenvalue weighted by molar-refractivity contribution is 5.86. The van der Waals surface area contributed by atoms with E-state index in [-0.39, 0.29) is 0 Å². The molecule has 0 aliphatic carbocycles. The molecule has 2 aromatic rings. The van der Waals surface area contributed by atoms with Gasteiger partial charge in [-0.05, 0) is 22.9 Å². The summed E-state index contributed by atoms with van der Waals surface area (Å²) in [6, 6.07) is 12.2. The number of fused-ring (bicyclic) bond motifs is 2. The van der Waals surface area contributed by atoms with Crippen molar-refractivity contribution in [3.05, 3.63) is 36.4 Å². The van der Waals surface area contributed by atoms with Crippen LogP contribution < -0.4 is 9.47 Å². The van der Waals surface area contributed by atoms with E-state index in [1.54, 1.807) is 0 Å². The first-order chi connectivity index (χ1) is 8.43. The summed E-state index contributed by atoms with van der Waals surface area (Å²) < 4.78 is 16.7. The second kappa shape index (κ2) is 4.63. The first-order valence-corrected chi connectivity index (χ1v) is 5.79. The van der Waals surface area contributed by atoms with Crippen LogP contribution in [0.25, 0.3) is 10.8 Å². The fourth-order valence-corrected chi connectivity index (χ4v) is 1.95. The number of benzene rings is 2. The summed E-state index contributed by atoms with van der Waals surface area (Å²) in [5.41, 5.74) is 0. The summed E-state index contributed by atoms with van der Waals surface area (Å²) in [6.45, 7) is 2.34. The van der Waals surface area contributed by atoms with Crippen molar-refractivity contribution < 1.29 is 14.2 Å². The predicted octanol–water partition coefficient (Wildman–Crippen LogP) is 2.63. The molecule has 0 saturated heterocycles. The number of ether oxygens (including phenoxy) is 3. The Balaban J connectivity index is 2.06. The van der Waals surface area contributed by atoms with Gasteiger partial charge in [0.05, 0.1) is 13.2 Å². The highest BCUT2D eigenvalue weighted by atomic mass is 16.6. The summed E-state index contributed by atoms with van der Waals surface area (Å²) in [6.07, 6.45) is 0. The van der Waals surface area contributed by atoms with Crippen LogP contribution in [-0.4, -0.2) is 26.4 Å². The Bertz CT molecular complexity index is 475. The van der Waals surface area contributed by atoms with Crippen LogP contribution in [0.1, 0.15) is 0 Å². The lowest BCUT2D eigenvalue weighted by molar-refractivity contribution is 0.0877. The lowest BCUT2D eigenvalue weighted by Crippen LogP contribution is -2.08. The minimum Gasteiger partial charge on any atom is -0.487 e. The van der Waals surface area contributed by atoms with Gasteiger partial charge in [0.2, 0.25) is 0 Å². The van der Waals surface area contributed by atoms with Crippen LogP contribution >= 0.6 is 0 Å². The molecule has 0 bridgehead atoms. The molecule has 0 amide bonds. The maximum Gasteiger partial charge on any atom is 0.161 e. The molecule has 2 aromatic carbocycles. The van der Waals surface area contributed by atoms with E-state index in [4.69, 9.17) is 14.2 Å². The minimum absolute atomic E-state index is 0.564. The molecular weight excluding hydrogens is 216 g/mol. The van der Waals surface area contributed by atoms with Crippen molar-refractivity contribution in [3.63, 3.8) is 0 Å². The van der Waals surface area contributed by atoms with Gasteiger partial charge in [0.15, 0.2) is 11.5 Å². The first-order valence-electron chi connectivity index (χ1n) is 5.79. The van der Waals surface area contributed by atoms with Gasteiger partial charge in [0, 0.05) is 0 Å². The Labute approximate surface area is 99.9 Å². The van der Waals surface area contributed by atoms with Crippen molar-refractivity contribution in [2.24, 2.45) is 0 Å². The van der Waals surface area contributed by atoms with E-state index in [0.29, 0.717) is 26.4 Å². The van der Waals surface area contributed by atoms with Gasteiger partial charge in [-0.2, -0.15) is 0 Å². The number of rotatable bonds is 0. The van der Waals surface area contributed by atoms with Gasteiger partial charge in [-0.1, -0.05) is 24.3 Å². The average molecular weight is 230 g/mol. The molecule has 88 valence electrons. The SMILES string of the molecule is c1ccc2cc3c(cc2c1)OCCOCCO3. The summed E-state index contributed by atoms with van der Waals surface area (Å²) in [5.74, 6) is 1.60. The molecule has 0 saturated carbocycles. The van der Waals surface area contributed by atoms with E-state index in [2.05, 4.69) is 12.1 Å². The molecular formula is C14H14O3. The Morgan fingerprint density at radius 2 is 1.24 bits per heavy atom. The lowest BCUT2D eigenvalue weighted by atomic mass is 10.1. The Morgan fingerprint density at radius 3 is 1.76 bits per heavy atom. The van der Waals surface area contributed by atoms with Crippen LogP contribution in [0.4, 0.5) is 0 Å². The zero-order valence-electron chi connectivity index (χ0n) is 9.52. The molecule has 1 aliphatic rings. The standard InChI is InChI=1S/C14H14O3/c1-2-4-12-10-14-13(9-11(12)3-1)16-7-5-15-6-8-17-14/h1-4,9-10H,5-8H2. The van der Waals surface area contributed by atoms with E-state index in [1.165, 1.54) is 0 Å². The summed E-state index contributed by atoms with van der Waals surface area (Å²) in [5, 5.41) is 2.32. The number of hydrogen-bond acceptors (Lipinski definition) is 3. The average Bonchev–Trinajstić information content (AvgIpc) is 2.47. The second-order valence-corrected chi connectivity index (χ2v) is 3.96. The van der Waals surface area contributed by atoms with Gasteiger partial charge in [-0.15, -0.1) is 0 Å². The maximum absolute atomic E-state index is 5.67. The Kier molecular flexibility index (Phi) is 2.84. The largest absolute Gasteiger partial charge is 0.487 e. The third-order valence-corrected chi connectivity index (χ3v) is 2.78. The van der Waals surface area contributed by atoms with Crippen LogP contribution in [0, 0.1) is 0 Å². The van der Waals surface area contributed by atoms with E-state index in [0.717, 1.165) is 22.3 Å². The molecule has 0 radical (unpaired) electrons. The van der Waals surface area contributed by atoms with Gasteiger partial charge in [0.25, 0.3) is 0 Å². The Hall–Kier alpha value is -1.74. The van der Waals surface area contributed by atoms with E-state index >= 15 is 0 Å². The summed E-state index contributed by atoms with van der Waals surface area (Å²) in [4.78, 5) is 0. The Morgan fingerprint density at radius 1 is 0.706 bits per heavy atom. The first kappa shape index (κ1) is 10.4. The van der Waals surface area contributed by atoms with Crippen LogP contribution in [0.5, 0.6) is 11.5 Å². The van der Waals surface area contributed by atoms with Crippen molar-refractivity contribution >= 4 is 10.8 Å². The second-order valence-electron chi connectivity index (χ2n) is 3.96. The normalized spacial score (nSPS) is 16.0. The monoisotopic (exact) mass is 230 g/mol. The summed E-state index contributed by atoms with van der Waals surface area (Å²) in [7, 11) is 0. The molecule has 0 atom stereocenters. The van der Waals surface area contributed by atoms with Gasteiger partial charge < -0.3 is 14.2 Å². The molecule has 3 rings (SSSR count). The maximum atomic E-state index is 5.67. The smallest absolute Gasteiger partial charge is 0.161 e. The molecule has 17 heavy (non-hydrogen) atoms. The third kappa shape index (κ3) is 2.19. The minimum atomic E-state index is 0.564. The molecule has 0 N–H and O–H groups in total. The van der Waals surface area contributed by atoms with Crippen LogP contribution in [-0.2, 0) is 4.74 Å². The van der Waals surface area contributed by atoms with Crippen molar-refractivity contribution in [2.45, 2.75) is 0 Å². The quantitative estimate of drug-likeness (QED) is 0.696. The molecule has 0 spiro atoms. The third-order valence-electron chi connectivity index (χ3n) is 2.78. The molecule has 0 aromatic heterocycles. The van der Waals surface area contributed by atoms with Crippen molar-refractivity contribution in [3.8, 4) is 11.5 Å². The van der Waals surface area contributed by atoms with E-state index < -0.39 is 0 Å². The lowest BCUT2D eigenvalue weighted by Gasteiger charge is -2.11. The van der Waals surface area contributed by atoms with Crippen LogP contribution in [0.2, 0.25) is 0 Å². The van der Waals surface area contributed by atoms with Gasteiger partial charge >= 0.3 is 0 Å².